The molecule has 2 aromatic rings. The van der Waals surface area contributed by atoms with Gasteiger partial charge in [0, 0.05) is 44.0 Å². The van der Waals surface area contributed by atoms with Crippen LogP contribution in [-0.2, 0) is 14.4 Å². The standard InChI is InChI=1S/C30H39FN4O4S/c1-19(2)23(16-26(37)29-34-18-28(40-29)21-9-5-4-6-10-21)30(39)35-14-8-12-24(35)25(36)15-22(27(38)17-31)11-7-13-33-20(3)32/h4-6,9-10,18-19,22-24,33H,3,7-8,11-17,32H2,1-2H3/t22-,23+,24+/m1/s1. The molecule has 0 saturated carbocycles. The Morgan fingerprint density at radius 1 is 1.20 bits per heavy atom. The van der Waals surface area contributed by atoms with E-state index < -0.39 is 30.3 Å². The highest BCUT2D eigenvalue weighted by atomic mass is 32.1. The van der Waals surface area contributed by atoms with E-state index in [4.69, 9.17) is 5.73 Å². The fourth-order valence-corrected chi connectivity index (χ4v) is 5.94. The van der Waals surface area contributed by atoms with E-state index in [0.717, 1.165) is 10.4 Å². The first-order valence-electron chi connectivity index (χ1n) is 13.8. The summed E-state index contributed by atoms with van der Waals surface area (Å²) in [7, 11) is 0. The molecule has 3 N–H and O–H groups in total. The molecule has 1 saturated heterocycles. The second-order valence-electron chi connectivity index (χ2n) is 10.6. The summed E-state index contributed by atoms with van der Waals surface area (Å²) in [5, 5.41) is 3.21. The van der Waals surface area contributed by atoms with Crippen LogP contribution in [0, 0.1) is 17.8 Å². The summed E-state index contributed by atoms with van der Waals surface area (Å²) >= 11 is 1.30. The lowest BCUT2D eigenvalue weighted by Gasteiger charge is -2.30. The number of thiazole rings is 1. The van der Waals surface area contributed by atoms with Gasteiger partial charge in [-0.2, -0.15) is 0 Å². The number of halogens is 1. The second-order valence-corrected chi connectivity index (χ2v) is 11.7. The van der Waals surface area contributed by atoms with Gasteiger partial charge in [0.05, 0.1) is 16.7 Å². The third kappa shape index (κ3) is 8.30. The topological polar surface area (TPSA) is 122 Å². The van der Waals surface area contributed by atoms with Crippen LogP contribution in [-0.4, -0.2) is 58.9 Å². The van der Waals surface area contributed by atoms with Gasteiger partial charge in [-0.1, -0.05) is 50.8 Å². The van der Waals surface area contributed by atoms with Crippen molar-refractivity contribution in [1.82, 2.24) is 15.2 Å². The first-order valence-corrected chi connectivity index (χ1v) is 14.6. The molecule has 216 valence electrons. The molecule has 40 heavy (non-hydrogen) atoms. The molecule has 0 aliphatic carbocycles. The van der Waals surface area contributed by atoms with Gasteiger partial charge in [0.1, 0.15) is 6.67 Å². The largest absolute Gasteiger partial charge is 0.386 e. The number of aromatic nitrogens is 1. The van der Waals surface area contributed by atoms with E-state index in [1.807, 2.05) is 44.2 Å². The molecule has 0 radical (unpaired) electrons. The van der Waals surface area contributed by atoms with E-state index in [1.54, 1.807) is 11.1 Å². The summed E-state index contributed by atoms with van der Waals surface area (Å²) in [5.41, 5.74) is 6.46. The minimum absolute atomic E-state index is 0.00193. The lowest BCUT2D eigenvalue weighted by atomic mass is 9.87. The molecule has 1 aliphatic rings. The lowest BCUT2D eigenvalue weighted by molar-refractivity contribution is -0.142. The summed E-state index contributed by atoms with van der Waals surface area (Å²) in [5.74, 6) is -2.49. The molecule has 1 amide bonds. The molecule has 8 nitrogen and oxygen atoms in total. The zero-order chi connectivity index (χ0) is 29.2. The van der Waals surface area contributed by atoms with E-state index in [9.17, 15) is 23.6 Å². The number of carbonyl (C=O) groups excluding carboxylic acids is 4. The van der Waals surface area contributed by atoms with Crippen LogP contribution in [0.1, 0.15) is 62.2 Å². The minimum Gasteiger partial charge on any atom is -0.386 e. The van der Waals surface area contributed by atoms with Crippen LogP contribution in [0.25, 0.3) is 10.4 Å². The SMILES string of the molecule is C=C(N)NCCC[C@H](CC(=O)[C@@H]1CCCN1C(=O)[C@@H](CC(=O)c1ncc(-c2ccccc2)s1)C(C)C)C(=O)CF. The summed E-state index contributed by atoms with van der Waals surface area (Å²) in [6.07, 6.45) is 3.54. The Balaban J connectivity index is 1.66. The summed E-state index contributed by atoms with van der Waals surface area (Å²) in [6.45, 7) is 7.06. The van der Waals surface area contributed by atoms with Crippen molar-refractivity contribution in [1.29, 1.82) is 0 Å². The maximum absolute atomic E-state index is 13.7. The molecule has 1 aromatic carbocycles. The number of likely N-dealkylation sites (tertiary alicyclic amines) is 1. The van der Waals surface area contributed by atoms with Gasteiger partial charge < -0.3 is 16.0 Å². The average molecular weight is 571 g/mol. The van der Waals surface area contributed by atoms with Crippen LogP contribution in [0.2, 0.25) is 0 Å². The number of nitrogens with one attached hydrogen (secondary N) is 1. The van der Waals surface area contributed by atoms with Gasteiger partial charge in [0.25, 0.3) is 0 Å². The van der Waals surface area contributed by atoms with Crippen LogP contribution in [0.3, 0.4) is 0 Å². The molecule has 10 heteroatoms. The maximum Gasteiger partial charge on any atom is 0.227 e. The molecule has 1 aromatic heterocycles. The zero-order valence-electron chi connectivity index (χ0n) is 23.2. The number of rotatable bonds is 16. The number of ketones is 3. The van der Waals surface area contributed by atoms with Crippen molar-refractivity contribution >= 4 is 34.6 Å². The molecule has 0 spiro atoms. The number of alkyl halides is 1. The van der Waals surface area contributed by atoms with E-state index >= 15 is 0 Å². The van der Waals surface area contributed by atoms with Gasteiger partial charge in [-0.3, -0.25) is 19.2 Å². The van der Waals surface area contributed by atoms with Crippen LogP contribution in [0.15, 0.2) is 48.9 Å². The number of hydrogen-bond acceptors (Lipinski definition) is 8. The monoisotopic (exact) mass is 570 g/mol. The maximum atomic E-state index is 13.7. The molecule has 0 unspecified atom stereocenters. The van der Waals surface area contributed by atoms with Crippen LogP contribution < -0.4 is 11.1 Å². The van der Waals surface area contributed by atoms with E-state index in [1.165, 1.54) is 11.3 Å². The van der Waals surface area contributed by atoms with Gasteiger partial charge in [-0.25, -0.2) is 9.37 Å². The lowest BCUT2D eigenvalue weighted by Crippen LogP contribution is -2.45. The fourth-order valence-electron chi connectivity index (χ4n) is 5.07. The highest BCUT2D eigenvalue weighted by Crippen LogP contribution is 2.31. The van der Waals surface area contributed by atoms with Crippen molar-refractivity contribution in [2.75, 3.05) is 19.8 Å². The normalized spacial score (nSPS) is 16.5. The van der Waals surface area contributed by atoms with Gasteiger partial charge in [0.2, 0.25) is 5.91 Å². The number of amides is 1. The third-order valence-corrected chi connectivity index (χ3v) is 8.44. The molecule has 3 atom stereocenters. The van der Waals surface area contributed by atoms with Crippen molar-refractivity contribution < 1.29 is 23.6 Å². The Kier molecular flexibility index (Phi) is 11.5. The van der Waals surface area contributed by atoms with Gasteiger partial charge in [-0.15, -0.1) is 11.3 Å². The Bertz CT molecular complexity index is 1200. The molecule has 1 fully saturated rings. The number of hydrogen-bond donors (Lipinski definition) is 2. The number of benzene rings is 1. The molecule has 1 aliphatic heterocycles. The van der Waals surface area contributed by atoms with Crippen molar-refractivity contribution in [3.05, 3.63) is 53.9 Å². The van der Waals surface area contributed by atoms with Crippen molar-refractivity contribution in [2.24, 2.45) is 23.5 Å². The first kappa shape index (κ1) is 31.1. The van der Waals surface area contributed by atoms with Crippen molar-refractivity contribution in [3.8, 4) is 10.4 Å². The minimum atomic E-state index is -1.14. The number of nitrogens with zero attached hydrogens (tertiary/aromatic N) is 2. The number of carbonyl (C=O) groups is 4. The van der Waals surface area contributed by atoms with Gasteiger partial charge in [0.15, 0.2) is 22.4 Å². The second kappa shape index (κ2) is 14.8. The predicted molar refractivity (Wildman–Crippen MR) is 154 cm³/mol. The highest BCUT2D eigenvalue weighted by molar-refractivity contribution is 7.17. The molecule has 2 heterocycles. The Morgan fingerprint density at radius 2 is 1.93 bits per heavy atom. The van der Waals surface area contributed by atoms with Crippen LogP contribution >= 0.6 is 11.3 Å². The van der Waals surface area contributed by atoms with E-state index in [0.29, 0.717) is 49.6 Å². The average Bonchev–Trinajstić information content (AvgIpc) is 3.63. The summed E-state index contributed by atoms with van der Waals surface area (Å²) in [6, 6.07) is 8.99. The van der Waals surface area contributed by atoms with Crippen molar-refractivity contribution in [2.45, 2.75) is 58.4 Å². The van der Waals surface area contributed by atoms with Gasteiger partial charge >= 0.3 is 0 Å². The van der Waals surface area contributed by atoms with Gasteiger partial charge in [-0.05, 0) is 37.2 Å². The molecular formula is C30H39FN4O4S. The quantitative estimate of drug-likeness (QED) is 0.224. The first-order chi connectivity index (χ1) is 19.1. The Labute approximate surface area is 239 Å². The molecule has 0 bridgehead atoms. The van der Waals surface area contributed by atoms with Crippen LogP contribution in [0.5, 0.6) is 0 Å². The highest BCUT2D eigenvalue weighted by Gasteiger charge is 2.39. The fraction of sp³-hybridized carbons (Fsp3) is 0.500. The van der Waals surface area contributed by atoms with E-state index in [-0.39, 0.29) is 36.2 Å². The van der Waals surface area contributed by atoms with Crippen LogP contribution in [0.4, 0.5) is 4.39 Å². The Hall–Kier alpha value is -3.40. The third-order valence-electron chi connectivity index (χ3n) is 7.35. The molecular weight excluding hydrogens is 531 g/mol. The Morgan fingerprint density at radius 3 is 2.58 bits per heavy atom. The van der Waals surface area contributed by atoms with Crippen molar-refractivity contribution in [3.63, 3.8) is 0 Å². The van der Waals surface area contributed by atoms with E-state index in [2.05, 4.69) is 16.9 Å². The summed E-state index contributed by atoms with van der Waals surface area (Å²) in [4.78, 5) is 59.2. The predicted octanol–water partition coefficient (Wildman–Crippen LogP) is 4.56. The molecule has 3 rings (SSSR count). The number of Topliss-reactive ketones (excluding diaryl/α,β-unsaturated/α-hetero) is 3. The number of nitrogens with two attached hydrogens (primary N) is 1. The smallest absolute Gasteiger partial charge is 0.227 e. The summed E-state index contributed by atoms with van der Waals surface area (Å²) < 4.78 is 13.2. The zero-order valence-corrected chi connectivity index (χ0v) is 24.1.